The van der Waals surface area contributed by atoms with Gasteiger partial charge in [-0.1, -0.05) is 12.1 Å². The van der Waals surface area contributed by atoms with Gasteiger partial charge in [0.25, 0.3) is 0 Å². The molecule has 0 aromatic heterocycles. The Kier molecular flexibility index (Phi) is 2.99. The minimum absolute atomic E-state index is 0.0861. The average molecular weight is 236 g/mol. The second-order valence-electron chi connectivity index (χ2n) is 3.84. The van der Waals surface area contributed by atoms with Crippen LogP contribution in [0.25, 0.3) is 0 Å². The first kappa shape index (κ1) is 11.4. The van der Waals surface area contributed by atoms with E-state index in [0.29, 0.717) is 11.3 Å². The maximum Gasteiger partial charge on any atom is 0.311 e. The van der Waals surface area contributed by atoms with Gasteiger partial charge in [-0.25, -0.2) is 0 Å². The molecule has 1 aromatic rings. The number of carbonyl (C=O) groups excluding carboxylic acids is 1. The third kappa shape index (κ3) is 2.22. The molecule has 2 rings (SSSR count). The third-order valence-electron chi connectivity index (χ3n) is 2.75. The summed E-state index contributed by atoms with van der Waals surface area (Å²) in [6, 6.07) is 6.89. The first-order valence-electron chi connectivity index (χ1n) is 5.18. The van der Waals surface area contributed by atoms with Gasteiger partial charge in [-0.15, -0.1) is 0 Å². The van der Waals surface area contributed by atoms with Crippen molar-refractivity contribution in [1.29, 1.82) is 0 Å². The molecule has 2 atom stereocenters. The zero-order valence-electron chi connectivity index (χ0n) is 9.25. The molecule has 1 aromatic carbocycles. The van der Waals surface area contributed by atoms with E-state index in [-0.39, 0.29) is 6.42 Å². The smallest absolute Gasteiger partial charge is 0.311 e. The number of hydrogen-bond donors (Lipinski definition) is 1. The highest BCUT2D eigenvalue weighted by Gasteiger charge is 2.40. The lowest BCUT2D eigenvalue weighted by Gasteiger charge is -2.15. The summed E-state index contributed by atoms with van der Waals surface area (Å²) in [7, 11) is 1.52. The Hall–Kier alpha value is -2.04. The second-order valence-corrected chi connectivity index (χ2v) is 3.84. The Bertz CT molecular complexity index is 454. The van der Waals surface area contributed by atoms with Gasteiger partial charge in [-0.05, 0) is 17.7 Å². The lowest BCUT2D eigenvalue weighted by Crippen LogP contribution is -2.17. The number of carbonyl (C=O) groups is 2. The molecule has 1 aliphatic rings. The highest BCUT2D eigenvalue weighted by Crippen LogP contribution is 2.36. The molecular formula is C12H12O5. The van der Waals surface area contributed by atoms with E-state index in [1.165, 1.54) is 7.11 Å². The van der Waals surface area contributed by atoms with Crippen LogP contribution in [0.3, 0.4) is 0 Å². The molecule has 5 nitrogen and oxygen atoms in total. The minimum Gasteiger partial charge on any atom is -0.497 e. The molecule has 90 valence electrons. The first-order valence-corrected chi connectivity index (χ1v) is 5.18. The van der Waals surface area contributed by atoms with Crippen LogP contribution >= 0.6 is 0 Å². The normalized spacial score (nSPS) is 23.2. The van der Waals surface area contributed by atoms with Crippen LogP contribution in [-0.2, 0) is 14.3 Å². The number of aliphatic carboxylic acids is 1. The lowest BCUT2D eigenvalue weighted by molar-refractivity contribution is -0.144. The van der Waals surface area contributed by atoms with Crippen LogP contribution in [-0.4, -0.2) is 24.2 Å². The van der Waals surface area contributed by atoms with Crippen LogP contribution in [0.1, 0.15) is 18.1 Å². The fraction of sp³-hybridized carbons (Fsp3) is 0.333. The fourth-order valence-electron chi connectivity index (χ4n) is 1.89. The van der Waals surface area contributed by atoms with Gasteiger partial charge in [0, 0.05) is 0 Å². The number of cyclic esters (lactones) is 1. The molecule has 0 amide bonds. The summed E-state index contributed by atoms with van der Waals surface area (Å²) in [4.78, 5) is 22.2. The van der Waals surface area contributed by atoms with E-state index in [0.717, 1.165) is 0 Å². The second kappa shape index (κ2) is 4.45. The summed E-state index contributed by atoms with van der Waals surface area (Å²) in [5, 5.41) is 9.03. The van der Waals surface area contributed by atoms with Gasteiger partial charge in [0.1, 0.15) is 17.8 Å². The van der Waals surface area contributed by atoms with E-state index in [1.54, 1.807) is 24.3 Å². The van der Waals surface area contributed by atoms with Crippen LogP contribution in [0.5, 0.6) is 5.75 Å². The maximum absolute atomic E-state index is 11.2. The Morgan fingerprint density at radius 2 is 2.29 bits per heavy atom. The molecule has 0 radical (unpaired) electrons. The van der Waals surface area contributed by atoms with Crippen molar-refractivity contribution < 1.29 is 24.2 Å². The molecule has 2 unspecified atom stereocenters. The number of benzene rings is 1. The summed E-state index contributed by atoms with van der Waals surface area (Å²) >= 11 is 0. The predicted molar refractivity (Wildman–Crippen MR) is 57.6 cm³/mol. The largest absolute Gasteiger partial charge is 0.497 e. The zero-order chi connectivity index (χ0) is 12.4. The van der Waals surface area contributed by atoms with Gasteiger partial charge in [-0.3, -0.25) is 9.59 Å². The van der Waals surface area contributed by atoms with Gasteiger partial charge in [0.15, 0.2) is 0 Å². The van der Waals surface area contributed by atoms with Crippen molar-refractivity contribution in [3.05, 3.63) is 29.8 Å². The number of ether oxygens (including phenoxy) is 2. The summed E-state index contributed by atoms with van der Waals surface area (Å²) in [5.74, 6) is -1.72. The minimum atomic E-state index is -1.02. The van der Waals surface area contributed by atoms with Crippen LogP contribution in [0.2, 0.25) is 0 Å². The summed E-state index contributed by atoms with van der Waals surface area (Å²) in [6.45, 7) is 0. The quantitative estimate of drug-likeness (QED) is 0.803. The van der Waals surface area contributed by atoms with E-state index >= 15 is 0 Å². The molecule has 1 fully saturated rings. The Morgan fingerprint density at radius 3 is 2.94 bits per heavy atom. The SMILES string of the molecule is COc1cccc(C2OC(=O)CC2C(=O)O)c1. The predicted octanol–water partition coefficient (Wildman–Crippen LogP) is 1.38. The molecule has 1 aliphatic heterocycles. The molecular weight excluding hydrogens is 224 g/mol. The van der Waals surface area contributed by atoms with E-state index in [9.17, 15) is 9.59 Å². The highest BCUT2D eigenvalue weighted by molar-refractivity contribution is 5.82. The number of rotatable bonds is 3. The van der Waals surface area contributed by atoms with Crippen molar-refractivity contribution in [2.24, 2.45) is 5.92 Å². The highest BCUT2D eigenvalue weighted by atomic mass is 16.6. The average Bonchev–Trinajstić information content (AvgIpc) is 2.72. The molecule has 1 N–H and O–H groups in total. The molecule has 0 bridgehead atoms. The fourth-order valence-corrected chi connectivity index (χ4v) is 1.89. The number of carboxylic acids is 1. The van der Waals surface area contributed by atoms with E-state index in [1.807, 2.05) is 0 Å². The monoisotopic (exact) mass is 236 g/mol. The molecule has 17 heavy (non-hydrogen) atoms. The van der Waals surface area contributed by atoms with Gasteiger partial charge >= 0.3 is 11.9 Å². The van der Waals surface area contributed by atoms with Crippen LogP contribution in [0.15, 0.2) is 24.3 Å². The van der Waals surface area contributed by atoms with Crippen LogP contribution in [0.4, 0.5) is 0 Å². The summed E-state index contributed by atoms with van der Waals surface area (Å²) in [6.07, 6.45) is -0.813. The van der Waals surface area contributed by atoms with E-state index < -0.39 is 24.0 Å². The van der Waals surface area contributed by atoms with Gasteiger partial charge < -0.3 is 14.6 Å². The molecule has 0 aliphatic carbocycles. The van der Waals surface area contributed by atoms with Crippen molar-refractivity contribution in [2.45, 2.75) is 12.5 Å². The molecule has 5 heteroatoms. The number of esters is 1. The van der Waals surface area contributed by atoms with Crippen LogP contribution in [0, 0.1) is 5.92 Å². The molecule has 1 saturated heterocycles. The van der Waals surface area contributed by atoms with E-state index in [4.69, 9.17) is 14.6 Å². The molecule has 1 heterocycles. The van der Waals surface area contributed by atoms with Gasteiger partial charge in [0.05, 0.1) is 13.5 Å². The summed E-state index contributed by atoms with van der Waals surface area (Å²) in [5.41, 5.74) is 0.641. The van der Waals surface area contributed by atoms with Crippen molar-refractivity contribution in [3.8, 4) is 5.75 Å². The molecule has 0 saturated carbocycles. The van der Waals surface area contributed by atoms with E-state index in [2.05, 4.69) is 0 Å². The van der Waals surface area contributed by atoms with Crippen molar-refractivity contribution in [2.75, 3.05) is 7.11 Å². The lowest BCUT2D eigenvalue weighted by atomic mass is 9.95. The third-order valence-corrected chi connectivity index (χ3v) is 2.75. The number of carboxylic acid groups (broad SMARTS) is 1. The van der Waals surface area contributed by atoms with Gasteiger partial charge in [-0.2, -0.15) is 0 Å². The van der Waals surface area contributed by atoms with Gasteiger partial charge in [0.2, 0.25) is 0 Å². The Morgan fingerprint density at radius 1 is 1.53 bits per heavy atom. The zero-order valence-corrected chi connectivity index (χ0v) is 9.25. The van der Waals surface area contributed by atoms with Crippen molar-refractivity contribution in [1.82, 2.24) is 0 Å². The van der Waals surface area contributed by atoms with Crippen molar-refractivity contribution in [3.63, 3.8) is 0 Å². The number of methoxy groups -OCH3 is 1. The first-order chi connectivity index (χ1) is 8.11. The summed E-state index contributed by atoms with van der Waals surface area (Å²) < 4.78 is 10.1. The van der Waals surface area contributed by atoms with Crippen LogP contribution < -0.4 is 4.74 Å². The number of hydrogen-bond acceptors (Lipinski definition) is 4. The molecule has 0 spiro atoms. The topological polar surface area (TPSA) is 72.8 Å². The Balaban J connectivity index is 2.31. The Labute approximate surface area is 98.0 Å². The van der Waals surface area contributed by atoms with Crippen molar-refractivity contribution >= 4 is 11.9 Å². The standard InChI is InChI=1S/C12H12O5/c1-16-8-4-2-3-7(5-8)11-9(12(14)15)6-10(13)17-11/h2-5,9,11H,6H2,1H3,(H,14,15). The maximum atomic E-state index is 11.2.